The largest absolute Gasteiger partial charge is 0.481 e. The van der Waals surface area contributed by atoms with Crippen molar-refractivity contribution in [1.82, 2.24) is 40.6 Å². The van der Waals surface area contributed by atoms with E-state index < -0.39 is 0 Å². The van der Waals surface area contributed by atoms with Gasteiger partial charge in [-0.1, -0.05) is 59.6 Å². The Kier molecular flexibility index (Phi) is 8.91. The van der Waals surface area contributed by atoms with Gasteiger partial charge in [0.1, 0.15) is 0 Å². The Morgan fingerprint density at radius 3 is 2.61 bits per heavy atom. The van der Waals surface area contributed by atoms with Gasteiger partial charge < -0.3 is 20.7 Å². The van der Waals surface area contributed by atoms with Crippen LogP contribution in [0.15, 0.2) is 60.8 Å². The number of aromatic nitrogens is 4. The van der Waals surface area contributed by atoms with E-state index in [1.54, 1.807) is 13.3 Å². The second kappa shape index (κ2) is 13.5. The summed E-state index contributed by atoms with van der Waals surface area (Å²) in [6, 6.07) is 18.0. The molecule has 2 amide bonds. The van der Waals surface area contributed by atoms with Crippen molar-refractivity contribution in [3.05, 3.63) is 82.1 Å². The summed E-state index contributed by atoms with van der Waals surface area (Å²) in [7, 11) is 3.55. The number of halogens is 2. The summed E-state index contributed by atoms with van der Waals surface area (Å²) in [6.45, 7) is 4.52. The summed E-state index contributed by atoms with van der Waals surface area (Å²) in [6.07, 6.45) is 3.77. The monoisotopic (exact) mass is 724 g/mol. The summed E-state index contributed by atoms with van der Waals surface area (Å²) in [5.74, 6) is 0.757. The molecule has 11 nitrogen and oxygen atoms in total. The van der Waals surface area contributed by atoms with Gasteiger partial charge in [-0.2, -0.15) is 5.10 Å². The summed E-state index contributed by atoms with van der Waals surface area (Å²) < 4.78 is 7.56. The first-order valence-electron chi connectivity index (χ1n) is 17.1. The van der Waals surface area contributed by atoms with Crippen LogP contribution in [0.25, 0.3) is 44.5 Å². The Morgan fingerprint density at radius 2 is 1.84 bits per heavy atom. The topological polar surface area (TPSA) is 126 Å². The van der Waals surface area contributed by atoms with E-state index in [1.807, 2.05) is 54.2 Å². The molecule has 3 aliphatic heterocycles. The minimum atomic E-state index is 0.0770. The first kappa shape index (κ1) is 33.6. The number of hydrogen-bond acceptors (Lipinski definition) is 8. The average molecular weight is 726 g/mol. The van der Waals surface area contributed by atoms with E-state index in [0.29, 0.717) is 53.2 Å². The van der Waals surface area contributed by atoms with Crippen LogP contribution >= 0.6 is 23.2 Å². The zero-order valence-electron chi connectivity index (χ0n) is 28.4. The van der Waals surface area contributed by atoms with E-state index in [0.717, 1.165) is 77.0 Å². The fourth-order valence-electron chi connectivity index (χ4n) is 7.73. The summed E-state index contributed by atoms with van der Waals surface area (Å²) in [5.41, 5.74) is 7.47. The zero-order valence-corrected chi connectivity index (χ0v) is 29.9. The number of carbonyl (C=O) groups is 2. The van der Waals surface area contributed by atoms with Crippen LogP contribution < -0.4 is 20.7 Å². The van der Waals surface area contributed by atoms with Crippen LogP contribution in [-0.4, -0.2) is 75.8 Å². The van der Waals surface area contributed by atoms with Crippen molar-refractivity contribution in [2.45, 2.75) is 38.4 Å². The van der Waals surface area contributed by atoms with Crippen molar-refractivity contribution < 1.29 is 14.3 Å². The molecule has 0 saturated carbocycles. The Bertz CT molecular complexity index is 2180. The maximum Gasteiger partial charge on any atom is 0.220 e. The van der Waals surface area contributed by atoms with Gasteiger partial charge in [0, 0.05) is 110 Å². The quantitative estimate of drug-likeness (QED) is 0.176. The van der Waals surface area contributed by atoms with Gasteiger partial charge in [0.05, 0.1) is 39.8 Å². The lowest BCUT2D eigenvalue weighted by molar-refractivity contribution is -0.121. The third-order valence-corrected chi connectivity index (χ3v) is 11.1. The van der Waals surface area contributed by atoms with Crippen LogP contribution in [0.5, 0.6) is 5.88 Å². The second-order valence-electron chi connectivity index (χ2n) is 13.9. The number of carbonyl (C=O) groups excluding carboxylic acids is 2. The molecular weight excluding hydrogens is 687 g/mol. The molecule has 51 heavy (non-hydrogen) atoms. The molecule has 0 radical (unpaired) electrons. The van der Waals surface area contributed by atoms with E-state index >= 15 is 0 Å². The van der Waals surface area contributed by atoms with Gasteiger partial charge in [0.25, 0.3) is 0 Å². The van der Waals surface area contributed by atoms with E-state index in [-0.39, 0.29) is 23.3 Å². The zero-order chi connectivity index (χ0) is 35.3. The fraction of sp³-hybridized carbons (Fsp3) is 0.342. The molecule has 5 aromatic rings. The maximum absolute atomic E-state index is 11.8. The first-order valence-corrected chi connectivity index (χ1v) is 17.9. The molecule has 0 aliphatic carbocycles. The third kappa shape index (κ3) is 6.44. The van der Waals surface area contributed by atoms with E-state index in [2.05, 4.69) is 38.0 Å². The van der Waals surface area contributed by atoms with Gasteiger partial charge in [-0.3, -0.25) is 24.2 Å². The lowest BCUT2D eigenvalue weighted by atomic mass is 9.79. The number of fused-ring (bicyclic) bond motifs is 1. The number of rotatable bonds is 10. The van der Waals surface area contributed by atoms with Crippen LogP contribution in [0.2, 0.25) is 10.0 Å². The molecule has 0 unspecified atom stereocenters. The standard InChI is InChI=1S/C38H38Cl2N8O3/c1-47-31-14-22(6-9-27(31)30(46-47)18-48-20-38(21-48)15-33(50)43-19-38)36-35(40)26(12-13-42-36)25-4-3-5-28(34(25)39)29-10-7-23(37(45-29)51-2)16-41-17-24-8-11-32(49)44-24/h3-7,9-10,12-14,24,41H,8,11,15-21H2,1-2H3,(H,43,50)(H,44,49)/t24-/m1/s1. The summed E-state index contributed by atoms with van der Waals surface area (Å²) in [4.78, 5) is 35.1. The molecule has 3 aromatic heterocycles. The van der Waals surface area contributed by atoms with Gasteiger partial charge >= 0.3 is 0 Å². The third-order valence-electron chi connectivity index (χ3n) is 10.3. The predicted molar refractivity (Wildman–Crippen MR) is 197 cm³/mol. The van der Waals surface area contributed by atoms with Crippen molar-refractivity contribution >= 4 is 45.9 Å². The molecule has 6 heterocycles. The molecule has 2 aromatic carbocycles. The molecule has 3 fully saturated rings. The lowest BCUT2D eigenvalue weighted by Crippen LogP contribution is -2.56. The van der Waals surface area contributed by atoms with Crippen LogP contribution in [0.1, 0.15) is 30.5 Å². The maximum atomic E-state index is 11.8. The number of aryl methyl sites for hydroxylation is 1. The number of nitrogens with zero attached hydrogens (tertiary/aromatic N) is 5. The second-order valence-corrected chi connectivity index (χ2v) is 14.6. The number of benzene rings is 2. The highest BCUT2D eigenvalue weighted by Gasteiger charge is 2.48. The number of amides is 2. The first-order chi connectivity index (χ1) is 24.7. The predicted octanol–water partition coefficient (Wildman–Crippen LogP) is 5.37. The molecule has 3 N–H and O–H groups in total. The molecule has 262 valence electrons. The Labute approximate surface area is 305 Å². The van der Waals surface area contributed by atoms with E-state index in [1.165, 1.54) is 0 Å². The van der Waals surface area contributed by atoms with Gasteiger partial charge in [0.15, 0.2) is 0 Å². The van der Waals surface area contributed by atoms with Crippen LogP contribution in [0.3, 0.4) is 0 Å². The highest BCUT2D eigenvalue weighted by atomic mass is 35.5. The van der Waals surface area contributed by atoms with Crippen LogP contribution in [-0.2, 0) is 29.7 Å². The van der Waals surface area contributed by atoms with Gasteiger partial charge in [-0.15, -0.1) is 0 Å². The van der Waals surface area contributed by atoms with Gasteiger partial charge in [0.2, 0.25) is 17.7 Å². The van der Waals surface area contributed by atoms with Crippen molar-refractivity contribution in [3.63, 3.8) is 0 Å². The van der Waals surface area contributed by atoms with E-state index in [4.69, 9.17) is 38.0 Å². The van der Waals surface area contributed by atoms with E-state index in [9.17, 15) is 9.59 Å². The summed E-state index contributed by atoms with van der Waals surface area (Å²) in [5, 5.41) is 16.3. The smallest absolute Gasteiger partial charge is 0.220 e. The number of hydrogen-bond donors (Lipinski definition) is 3. The Balaban J connectivity index is 1.02. The summed E-state index contributed by atoms with van der Waals surface area (Å²) >= 11 is 14.3. The number of nitrogens with one attached hydrogen (secondary N) is 3. The molecule has 3 aliphatic rings. The number of methoxy groups -OCH3 is 1. The molecule has 8 rings (SSSR count). The van der Waals surface area contributed by atoms with Crippen LogP contribution in [0, 0.1) is 5.41 Å². The number of ether oxygens (including phenoxy) is 1. The van der Waals surface area contributed by atoms with Gasteiger partial charge in [-0.25, -0.2) is 4.98 Å². The van der Waals surface area contributed by atoms with Crippen molar-refractivity contribution in [3.8, 4) is 39.5 Å². The highest BCUT2D eigenvalue weighted by molar-refractivity contribution is 6.39. The molecule has 1 spiro atoms. The van der Waals surface area contributed by atoms with Crippen molar-refractivity contribution in [2.75, 3.05) is 33.3 Å². The number of likely N-dealkylation sites (tertiary alicyclic amines) is 1. The minimum absolute atomic E-state index is 0.0770. The Morgan fingerprint density at radius 1 is 1.02 bits per heavy atom. The molecule has 3 saturated heterocycles. The SMILES string of the molecule is COc1nc(-c2cccc(-c3ccnc(-c4ccc5c(CN6CC7(CNC(=O)C7)C6)nn(C)c5c4)c3Cl)c2Cl)ccc1CNC[C@H]1CCC(=O)N1. The number of pyridine rings is 2. The van der Waals surface area contributed by atoms with Crippen molar-refractivity contribution in [2.24, 2.45) is 12.5 Å². The highest BCUT2D eigenvalue weighted by Crippen LogP contribution is 2.42. The molecule has 1 atom stereocenters. The molecule has 0 bridgehead atoms. The molecular formula is C38H38Cl2N8O3. The molecule has 13 heteroatoms. The normalized spacial score (nSPS) is 18.3. The Hall–Kier alpha value is -4.55. The van der Waals surface area contributed by atoms with Crippen molar-refractivity contribution in [1.29, 1.82) is 0 Å². The fourth-order valence-corrected chi connectivity index (χ4v) is 8.38. The van der Waals surface area contributed by atoms with Crippen LogP contribution in [0.4, 0.5) is 0 Å². The average Bonchev–Trinajstić information content (AvgIpc) is 3.81. The van der Waals surface area contributed by atoms with Gasteiger partial charge in [-0.05, 0) is 24.6 Å². The lowest BCUT2D eigenvalue weighted by Gasteiger charge is -2.46. The minimum Gasteiger partial charge on any atom is -0.481 e.